The van der Waals surface area contributed by atoms with E-state index in [4.69, 9.17) is 4.74 Å². The molecule has 0 N–H and O–H groups in total. The summed E-state index contributed by atoms with van der Waals surface area (Å²) in [6, 6.07) is 10.2. The van der Waals surface area contributed by atoms with Gasteiger partial charge in [0, 0.05) is 13.1 Å². The summed E-state index contributed by atoms with van der Waals surface area (Å²) in [5.74, 6) is 0.00139. The molecule has 1 saturated heterocycles. The molecule has 2 fully saturated rings. The molecule has 1 aromatic carbocycles. The molecule has 0 bridgehead atoms. The van der Waals surface area contributed by atoms with E-state index in [2.05, 4.69) is 24.1 Å². The van der Waals surface area contributed by atoms with E-state index < -0.39 is 0 Å². The average molecular weight is 273 g/mol. The van der Waals surface area contributed by atoms with Gasteiger partial charge in [-0.2, -0.15) is 0 Å². The van der Waals surface area contributed by atoms with Crippen molar-refractivity contribution in [1.82, 2.24) is 4.90 Å². The molecule has 1 heterocycles. The van der Waals surface area contributed by atoms with Crippen LogP contribution in [0.5, 0.6) is 0 Å². The predicted molar refractivity (Wildman–Crippen MR) is 78.6 cm³/mol. The molecule has 0 aromatic heterocycles. The summed E-state index contributed by atoms with van der Waals surface area (Å²) in [7, 11) is 2.08. The predicted octanol–water partition coefficient (Wildman–Crippen LogP) is 2.75. The van der Waals surface area contributed by atoms with Crippen LogP contribution in [0, 0.1) is 0 Å². The molecular formula is C17H23NO2. The molecule has 0 spiro atoms. The monoisotopic (exact) mass is 273 g/mol. The van der Waals surface area contributed by atoms with Crippen molar-refractivity contribution in [3.63, 3.8) is 0 Å². The molecule has 1 aliphatic heterocycles. The molecule has 20 heavy (non-hydrogen) atoms. The Labute approximate surface area is 120 Å². The van der Waals surface area contributed by atoms with Gasteiger partial charge in [-0.1, -0.05) is 43.2 Å². The SMILES string of the molecule is CN1CC[C@H](OC(=O)C2(c3ccccc3)CCCC2)C1. The summed E-state index contributed by atoms with van der Waals surface area (Å²) >= 11 is 0. The minimum atomic E-state index is -0.386. The number of esters is 1. The third-order valence-electron chi connectivity index (χ3n) is 4.80. The molecular weight excluding hydrogens is 250 g/mol. The Morgan fingerprint density at radius 1 is 1.25 bits per heavy atom. The van der Waals surface area contributed by atoms with Crippen LogP contribution >= 0.6 is 0 Å². The zero-order valence-corrected chi connectivity index (χ0v) is 12.2. The minimum absolute atomic E-state index is 0.00139. The van der Waals surface area contributed by atoms with Crippen LogP contribution in [-0.2, 0) is 14.9 Å². The number of likely N-dealkylation sites (N-methyl/N-ethyl adjacent to an activating group) is 1. The van der Waals surface area contributed by atoms with Crippen LogP contribution in [-0.4, -0.2) is 37.1 Å². The van der Waals surface area contributed by atoms with Crippen molar-refractivity contribution in [2.45, 2.75) is 43.6 Å². The lowest BCUT2D eigenvalue weighted by Crippen LogP contribution is -2.37. The van der Waals surface area contributed by atoms with Crippen LogP contribution in [0.4, 0.5) is 0 Å². The number of hydrogen-bond acceptors (Lipinski definition) is 3. The van der Waals surface area contributed by atoms with Crippen LogP contribution in [0.2, 0.25) is 0 Å². The fourth-order valence-electron chi connectivity index (χ4n) is 3.60. The van der Waals surface area contributed by atoms with E-state index in [1.807, 2.05) is 18.2 Å². The second kappa shape index (κ2) is 5.57. The molecule has 3 rings (SSSR count). The van der Waals surface area contributed by atoms with Gasteiger partial charge in [-0.25, -0.2) is 0 Å². The summed E-state index contributed by atoms with van der Waals surface area (Å²) in [6.45, 7) is 1.90. The van der Waals surface area contributed by atoms with Gasteiger partial charge in [0.2, 0.25) is 0 Å². The smallest absolute Gasteiger partial charge is 0.316 e. The van der Waals surface area contributed by atoms with Crippen molar-refractivity contribution >= 4 is 5.97 Å². The van der Waals surface area contributed by atoms with Crippen molar-refractivity contribution in [3.8, 4) is 0 Å². The van der Waals surface area contributed by atoms with E-state index >= 15 is 0 Å². The van der Waals surface area contributed by atoms with E-state index in [0.29, 0.717) is 0 Å². The Bertz CT molecular complexity index is 465. The van der Waals surface area contributed by atoms with Crippen molar-refractivity contribution in [3.05, 3.63) is 35.9 Å². The van der Waals surface area contributed by atoms with Crippen molar-refractivity contribution in [2.75, 3.05) is 20.1 Å². The molecule has 1 atom stereocenters. The fraction of sp³-hybridized carbons (Fsp3) is 0.588. The minimum Gasteiger partial charge on any atom is -0.460 e. The third-order valence-corrected chi connectivity index (χ3v) is 4.80. The van der Waals surface area contributed by atoms with Crippen LogP contribution in [0.3, 0.4) is 0 Å². The first-order valence-corrected chi connectivity index (χ1v) is 7.66. The maximum absolute atomic E-state index is 12.8. The molecule has 108 valence electrons. The topological polar surface area (TPSA) is 29.5 Å². The molecule has 1 saturated carbocycles. The van der Waals surface area contributed by atoms with Gasteiger partial charge < -0.3 is 9.64 Å². The molecule has 0 unspecified atom stereocenters. The first kappa shape index (κ1) is 13.6. The fourth-order valence-corrected chi connectivity index (χ4v) is 3.60. The highest BCUT2D eigenvalue weighted by Gasteiger charge is 2.45. The zero-order valence-electron chi connectivity index (χ0n) is 12.2. The number of benzene rings is 1. The number of ether oxygens (including phenoxy) is 1. The van der Waals surface area contributed by atoms with Gasteiger partial charge in [0.1, 0.15) is 6.10 Å². The Morgan fingerprint density at radius 3 is 2.55 bits per heavy atom. The molecule has 3 heteroatoms. The van der Waals surface area contributed by atoms with E-state index in [1.54, 1.807) is 0 Å². The maximum atomic E-state index is 12.8. The van der Waals surface area contributed by atoms with Crippen LogP contribution in [0.25, 0.3) is 0 Å². The quantitative estimate of drug-likeness (QED) is 0.793. The highest BCUT2D eigenvalue weighted by atomic mass is 16.5. The Balaban J connectivity index is 1.78. The first-order chi connectivity index (χ1) is 9.71. The van der Waals surface area contributed by atoms with E-state index in [9.17, 15) is 4.79 Å². The molecule has 1 aliphatic carbocycles. The second-order valence-electron chi connectivity index (χ2n) is 6.23. The number of likely N-dealkylation sites (tertiary alicyclic amines) is 1. The number of carbonyl (C=O) groups excluding carboxylic acids is 1. The van der Waals surface area contributed by atoms with Gasteiger partial charge in [0.25, 0.3) is 0 Å². The number of carbonyl (C=O) groups is 1. The van der Waals surface area contributed by atoms with E-state index in [0.717, 1.165) is 50.8 Å². The average Bonchev–Trinajstić information content (AvgIpc) is 3.10. The van der Waals surface area contributed by atoms with Gasteiger partial charge in [-0.15, -0.1) is 0 Å². The van der Waals surface area contributed by atoms with Gasteiger partial charge >= 0.3 is 5.97 Å². The van der Waals surface area contributed by atoms with Gasteiger partial charge in [-0.05, 0) is 31.9 Å². The summed E-state index contributed by atoms with van der Waals surface area (Å²) in [5.41, 5.74) is 0.747. The van der Waals surface area contributed by atoms with Gasteiger partial charge in [0.05, 0.1) is 5.41 Å². The largest absolute Gasteiger partial charge is 0.460 e. The number of hydrogen-bond donors (Lipinski definition) is 0. The lowest BCUT2D eigenvalue weighted by Gasteiger charge is -2.28. The van der Waals surface area contributed by atoms with Crippen molar-refractivity contribution in [1.29, 1.82) is 0 Å². The Hall–Kier alpha value is -1.35. The maximum Gasteiger partial charge on any atom is 0.316 e. The number of rotatable bonds is 3. The summed E-state index contributed by atoms with van der Waals surface area (Å²) in [6.07, 6.45) is 5.14. The lowest BCUT2D eigenvalue weighted by atomic mass is 9.79. The standard InChI is InChI=1S/C17H23NO2/c1-18-12-9-15(13-18)20-16(19)17(10-5-6-11-17)14-7-3-2-4-8-14/h2-4,7-8,15H,5-6,9-13H2,1H3/t15-/m0/s1. The molecule has 0 radical (unpaired) electrons. The van der Waals surface area contributed by atoms with E-state index in [-0.39, 0.29) is 17.5 Å². The second-order valence-corrected chi connectivity index (χ2v) is 6.23. The Kier molecular flexibility index (Phi) is 3.79. The third kappa shape index (κ3) is 2.47. The Morgan fingerprint density at radius 2 is 1.95 bits per heavy atom. The molecule has 3 nitrogen and oxygen atoms in total. The lowest BCUT2D eigenvalue weighted by molar-refractivity contribution is -0.155. The molecule has 1 aromatic rings. The van der Waals surface area contributed by atoms with Crippen LogP contribution in [0.1, 0.15) is 37.7 Å². The van der Waals surface area contributed by atoms with Gasteiger partial charge in [-0.3, -0.25) is 4.79 Å². The van der Waals surface area contributed by atoms with Crippen molar-refractivity contribution in [2.24, 2.45) is 0 Å². The van der Waals surface area contributed by atoms with Crippen molar-refractivity contribution < 1.29 is 9.53 Å². The zero-order chi connectivity index (χ0) is 14.0. The van der Waals surface area contributed by atoms with Crippen LogP contribution in [0.15, 0.2) is 30.3 Å². The van der Waals surface area contributed by atoms with E-state index in [1.165, 1.54) is 0 Å². The number of nitrogens with zero attached hydrogens (tertiary/aromatic N) is 1. The molecule has 2 aliphatic rings. The highest BCUT2D eigenvalue weighted by molar-refractivity contribution is 5.83. The van der Waals surface area contributed by atoms with Gasteiger partial charge in [0.15, 0.2) is 0 Å². The first-order valence-electron chi connectivity index (χ1n) is 7.66. The summed E-state index contributed by atoms with van der Waals surface area (Å²) < 4.78 is 5.84. The highest BCUT2D eigenvalue weighted by Crippen LogP contribution is 2.42. The normalized spacial score (nSPS) is 25.8. The molecule has 0 amide bonds. The summed E-state index contributed by atoms with van der Waals surface area (Å²) in [5, 5.41) is 0. The van der Waals surface area contributed by atoms with Crippen LogP contribution < -0.4 is 0 Å². The summed E-state index contributed by atoms with van der Waals surface area (Å²) in [4.78, 5) is 15.0.